The topological polar surface area (TPSA) is 82.1 Å². The van der Waals surface area contributed by atoms with Gasteiger partial charge in [0.25, 0.3) is 0 Å². The van der Waals surface area contributed by atoms with Crippen LogP contribution in [0.5, 0.6) is 0 Å². The van der Waals surface area contributed by atoms with Gasteiger partial charge in [-0.25, -0.2) is 0 Å². The van der Waals surface area contributed by atoms with Gasteiger partial charge in [-0.3, -0.25) is 14.9 Å². The number of nitrogens with one attached hydrogen (secondary N) is 1. The van der Waals surface area contributed by atoms with Gasteiger partial charge < -0.3 is 10.0 Å². The molecule has 0 aliphatic carbocycles. The van der Waals surface area contributed by atoms with Gasteiger partial charge in [-0.15, -0.1) is 11.3 Å². The largest absolute Gasteiger partial charge is 0.383 e. The minimum atomic E-state index is -0.695. The normalized spacial score (nSPS) is 26.0. The molecular weight excluding hydrogens is 384 g/mol. The molecule has 5 heterocycles. The van der Waals surface area contributed by atoms with Crippen LogP contribution in [-0.2, 0) is 5.60 Å². The smallest absolute Gasteiger partial charge is 0.160 e. The minimum Gasteiger partial charge on any atom is -0.383 e. The molecule has 5 rings (SSSR count). The Balaban J connectivity index is 0.000000145. The number of fused-ring (bicyclic) bond motifs is 2. The fourth-order valence-corrected chi connectivity index (χ4v) is 5.28. The standard InChI is InChI=1S/C13H18N2O.C9H8N2OS/c1-15-10-5-6-11(15)9-13(16,8-10)12-4-2-3-7-14-12;1-6(12)7-2-9(13-5-7)8-3-10-11-4-8/h2-4,7,10-11,16H,5-6,8-9H2,1H3;2-5H,1H3,(H,10,11). The van der Waals surface area contributed by atoms with Crippen molar-refractivity contribution in [2.45, 2.75) is 50.3 Å². The van der Waals surface area contributed by atoms with Gasteiger partial charge in [0.05, 0.1) is 11.9 Å². The number of aromatic amines is 1. The third-order valence-corrected chi connectivity index (χ3v) is 7.04. The Labute approximate surface area is 174 Å². The lowest BCUT2D eigenvalue weighted by Gasteiger charge is -2.41. The molecule has 152 valence electrons. The average Bonchev–Trinajstić information content (AvgIpc) is 3.45. The zero-order valence-electron chi connectivity index (χ0n) is 16.7. The molecule has 0 aromatic carbocycles. The molecule has 29 heavy (non-hydrogen) atoms. The van der Waals surface area contributed by atoms with E-state index in [9.17, 15) is 9.90 Å². The van der Waals surface area contributed by atoms with E-state index in [0.29, 0.717) is 12.1 Å². The number of piperidine rings is 1. The Morgan fingerprint density at radius 2 is 2.07 bits per heavy atom. The summed E-state index contributed by atoms with van der Waals surface area (Å²) in [6.07, 6.45) is 9.43. The maximum absolute atomic E-state index is 11.0. The molecule has 2 bridgehead atoms. The maximum Gasteiger partial charge on any atom is 0.160 e. The molecule has 0 amide bonds. The van der Waals surface area contributed by atoms with Crippen molar-refractivity contribution in [3.05, 3.63) is 59.5 Å². The van der Waals surface area contributed by atoms with E-state index in [1.807, 2.05) is 35.8 Å². The maximum atomic E-state index is 11.0. The Morgan fingerprint density at radius 3 is 2.62 bits per heavy atom. The summed E-state index contributed by atoms with van der Waals surface area (Å²) in [4.78, 5) is 18.8. The molecule has 2 saturated heterocycles. The predicted molar refractivity (Wildman–Crippen MR) is 114 cm³/mol. The Morgan fingerprint density at radius 1 is 1.31 bits per heavy atom. The molecule has 2 N–H and O–H groups in total. The van der Waals surface area contributed by atoms with Gasteiger partial charge in [0.15, 0.2) is 5.78 Å². The first-order valence-electron chi connectivity index (χ1n) is 9.91. The minimum absolute atomic E-state index is 0.103. The van der Waals surface area contributed by atoms with E-state index in [0.717, 1.165) is 34.5 Å². The van der Waals surface area contributed by atoms with Gasteiger partial charge in [-0.05, 0) is 57.9 Å². The number of aromatic nitrogens is 3. The summed E-state index contributed by atoms with van der Waals surface area (Å²) in [6.45, 7) is 1.57. The number of hydrogen-bond donors (Lipinski definition) is 2. The van der Waals surface area contributed by atoms with Crippen molar-refractivity contribution < 1.29 is 9.90 Å². The van der Waals surface area contributed by atoms with Gasteiger partial charge in [0, 0.05) is 45.9 Å². The number of pyridine rings is 1. The number of carbonyl (C=O) groups is 1. The first kappa shape index (κ1) is 19.9. The quantitative estimate of drug-likeness (QED) is 0.641. The van der Waals surface area contributed by atoms with Gasteiger partial charge in [-0.2, -0.15) is 5.10 Å². The molecular formula is C22H26N4O2S. The third-order valence-electron chi connectivity index (χ3n) is 6.06. The van der Waals surface area contributed by atoms with E-state index in [1.165, 1.54) is 12.8 Å². The van der Waals surface area contributed by atoms with E-state index in [-0.39, 0.29) is 5.78 Å². The highest BCUT2D eigenvalue weighted by Crippen LogP contribution is 2.44. The SMILES string of the molecule is CC(=O)c1csc(-c2cn[nH]c2)c1.CN1C2CCC1CC(O)(c1ccccn1)C2. The lowest BCUT2D eigenvalue weighted by molar-refractivity contribution is -0.0523. The summed E-state index contributed by atoms with van der Waals surface area (Å²) < 4.78 is 0. The fraction of sp³-hybridized carbons (Fsp3) is 0.409. The van der Waals surface area contributed by atoms with Gasteiger partial charge >= 0.3 is 0 Å². The number of aliphatic hydroxyl groups is 1. The van der Waals surface area contributed by atoms with E-state index in [2.05, 4.69) is 27.1 Å². The summed E-state index contributed by atoms with van der Waals surface area (Å²) in [5.41, 5.74) is 1.94. The van der Waals surface area contributed by atoms with Crippen molar-refractivity contribution in [2.75, 3.05) is 7.05 Å². The number of Topliss-reactive ketones (excluding diaryl/α,β-unsaturated/α-hetero) is 1. The number of rotatable bonds is 3. The molecule has 0 spiro atoms. The molecule has 2 unspecified atom stereocenters. The van der Waals surface area contributed by atoms with Gasteiger partial charge in [0.1, 0.15) is 5.60 Å². The number of ketones is 1. The van der Waals surface area contributed by atoms with E-state index < -0.39 is 5.60 Å². The van der Waals surface area contributed by atoms with Crippen molar-refractivity contribution in [3.8, 4) is 10.4 Å². The second-order valence-corrected chi connectivity index (χ2v) is 8.86. The van der Waals surface area contributed by atoms with Crippen molar-refractivity contribution in [1.82, 2.24) is 20.1 Å². The lowest BCUT2D eigenvalue weighted by atomic mass is 9.83. The molecule has 0 radical (unpaired) electrons. The summed E-state index contributed by atoms with van der Waals surface area (Å²) >= 11 is 1.55. The molecule has 3 aromatic heterocycles. The first-order valence-corrected chi connectivity index (χ1v) is 10.8. The Bertz CT molecular complexity index is 940. The zero-order valence-corrected chi connectivity index (χ0v) is 17.5. The van der Waals surface area contributed by atoms with Crippen LogP contribution in [0.1, 0.15) is 48.7 Å². The molecule has 2 aliphatic rings. The van der Waals surface area contributed by atoms with Crippen molar-refractivity contribution >= 4 is 17.1 Å². The highest BCUT2D eigenvalue weighted by atomic mass is 32.1. The van der Waals surface area contributed by atoms with Crippen LogP contribution in [0.25, 0.3) is 10.4 Å². The number of carbonyl (C=O) groups excluding carboxylic acids is 1. The Hall–Kier alpha value is -2.35. The highest BCUT2D eigenvalue weighted by molar-refractivity contribution is 7.13. The van der Waals surface area contributed by atoms with Gasteiger partial charge in [-0.1, -0.05) is 6.07 Å². The molecule has 2 fully saturated rings. The second kappa shape index (κ2) is 8.18. The van der Waals surface area contributed by atoms with E-state index in [1.54, 1.807) is 30.7 Å². The molecule has 2 atom stereocenters. The number of H-pyrrole nitrogens is 1. The molecule has 6 nitrogen and oxygen atoms in total. The van der Waals surface area contributed by atoms with Crippen molar-refractivity contribution in [1.29, 1.82) is 0 Å². The summed E-state index contributed by atoms with van der Waals surface area (Å²) in [7, 11) is 2.18. The molecule has 2 aliphatic heterocycles. The van der Waals surface area contributed by atoms with Crippen LogP contribution in [0, 0.1) is 0 Å². The van der Waals surface area contributed by atoms with Crippen LogP contribution in [0.15, 0.2) is 48.2 Å². The highest BCUT2D eigenvalue weighted by Gasteiger charge is 2.47. The predicted octanol–water partition coefficient (Wildman–Crippen LogP) is 3.87. The lowest BCUT2D eigenvalue weighted by Crippen LogP contribution is -2.47. The van der Waals surface area contributed by atoms with Crippen molar-refractivity contribution in [3.63, 3.8) is 0 Å². The number of thiophene rings is 1. The summed E-state index contributed by atoms with van der Waals surface area (Å²) in [6, 6.07) is 8.76. The summed E-state index contributed by atoms with van der Waals surface area (Å²) in [5, 5.41) is 19.2. The first-order chi connectivity index (χ1) is 14.0. The molecule has 3 aromatic rings. The van der Waals surface area contributed by atoms with Crippen LogP contribution in [-0.4, -0.2) is 50.1 Å². The van der Waals surface area contributed by atoms with Crippen LogP contribution in [0.2, 0.25) is 0 Å². The second-order valence-electron chi connectivity index (χ2n) is 7.95. The van der Waals surface area contributed by atoms with Gasteiger partial charge in [0.2, 0.25) is 0 Å². The van der Waals surface area contributed by atoms with Crippen molar-refractivity contribution in [2.24, 2.45) is 0 Å². The van der Waals surface area contributed by atoms with Crippen LogP contribution >= 0.6 is 11.3 Å². The third kappa shape index (κ3) is 4.17. The van der Waals surface area contributed by atoms with Crippen LogP contribution in [0.3, 0.4) is 0 Å². The van der Waals surface area contributed by atoms with Crippen LogP contribution in [0.4, 0.5) is 0 Å². The number of nitrogens with zero attached hydrogens (tertiary/aromatic N) is 3. The molecule has 7 heteroatoms. The average molecular weight is 411 g/mol. The molecule has 0 saturated carbocycles. The van der Waals surface area contributed by atoms with E-state index >= 15 is 0 Å². The summed E-state index contributed by atoms with van der Waals surface area (Å²) in [5.74, 6) is 0.103. The van der Waals surface area contributed by atoms with E-state index in [4.69, 9.17) is 0 Å². The fourth-order valence-electron chi connectivity index (χ4n) is 4.35. The van der Waals surface area contributed by atoms with Crippen LogP contribution < -0.4 is 0 Å². The number of hydrogen-bond acceptors (Lipinski definition) is 6. The zero-order chi connectivity index (χ0) is 20.4. The monoisotopic (exact) mass is 410 g/mol. The Kier molecular flexibility index (Phi) is 5.63.